The monoisotopic (exact) mass is 206 g/mol. The number of methoxy groups -OCH3 is 1. The van der Waals surface area contributed by atoms with Gasteiger partial charge in [-0.3, -0.25) is 4.79 Å². The Morgan fingerprint density at radius 1 is 1.40 bits per heavy atom. The van der Waals surface area contributed by atoms with E-state index in [1.807, 2.05) is 24.3 Å². The van der Waals surface area contributed by atoms with Gasteiger partial charge in [0.05, 0.1) is 13.0 Å². The van der Waals surface area contributed by atoms with Crippen molar-refractivity contribution in [1.82, 2.24) is 0 Å². The van der Waals surface area contributed by atoms with Crippen LogP contribution >= 0.6 is 0 Å². The molecular weight excluding hydrogens is 192 g/mol. The van der Waals surface area contributed by atoms with Gasteiger partial charge < -0.3 is 9.84 Å². The van der Waals surface area contributed by atoms with Crippen LogP contribution in [0.1, 0.15) is 24.3 Å². The van der Waals surface area contributed by atoms with Crippen molar-refractivity contribution in [3.8, 4) is 5.75 Å². The molecule has 1 atom stereocenters. The fourth-order valence-electron chi connectivity index (χ4n) is 1.86. The van der Waals surface area contributed by atoms with Crippen LogP contribution in [0.2, 0.25) is 0 Å². The molecule has 1 N–H and O–H groups in total. The summed E-state index contributed by atoms with van der Waals surface area (Å²) >= 11 is 0. The standard InChI is InChI=1S/C12H14O3/c1-15-10-6-4-9(5-7-10)11(12(13)14)8-2-3-8/h4-8,11H,2-3H2,1H3,(H,13,14). The molecule has 0 spiro atoms. The molecule has 1 aliphatic carbocycles. The summed E-state index contributed by atoms with van der Waals surface area (Å²) in [5, 5.41) is 9.13. The first kappa shape index (κ1) is 10.0. The summed E-state index contributed by atoms with van der Waals surface area (Å²) in [7, 11) is 1.60. The lowest BCUT2D eigenvalue weighted by atomic mass is 9.94. The molecule has 0 aliphatic heterocycles. The molecule has 2 rings (SSSR count). The summed E-state index contributed by atoms with van der Waals surface area (Å²) in [6, 6.07) is 7.31. The molecule has 1 fully saturated rings. The minimum Gasteiger partial charge on any atom is -0.497 e. The normalized spacial score (nSPS) is 17.1. The van der Waals surface area contributed by atoms with Crippen LogP contribution in [-0.4, -0.2) is 18.2 Å². The molecule has 0 radical (unpaired) electrons. The summed E-state index contributed by atoms with van der Waals surface area (Å²) < 4.78 is 5.04. The molecule has 1 aromatic rings. The molecule has 1 saturated carbocycles. The van der Waals surface area contributed by atoms with Gasteiger partial charge in [0.1, 0.15) is 5.75 Å². The summed E-state index contributed by atoms with van der Waals surface area (Å²) in [6.45, 7) is 0. The van der Waals surface area contributed by atoms with Crippen LogP contribution in [0.25, 0.3) is 0 Å². The third-order valence-electron chi connectivity index (χ3n) is 2.83. The Morgan fingerprint density at radius 3 is 2.40 bits per heavy atom. The van der Waals surface area contributed by atoms with Crippen LogP contribution in [0.5, 0.6) is 5.75 Å². The van der Waals surface area contributed by atoms with Gasteiger partial charge in [-0.15, -0.1) is 0 Å². The second kappa shape index (κ2) is 3.93. The second-order valence-corrected chi connectivity index (χ2v) is 3.93. The van der Waals surface area contributed by atoms with Crippen molar-refractivity contribution >= 4 is 5.97 Å². The van der Waals surface area contributed by atoms with E-state index in [-0.39, 0.29) is 5.92 Å². The molecule has 0 aromatic heterocycles. The van der Waals surface area contributed by atoms with Gasteiger partial charge in [0, 0.05) is 0 Å². The average Bonchev–Trinajstić information content (AvgIpc) is 3.03. The lowest BCUT2D eigenvalue weighted by Crippen LogP contribution is -2.13. The molecule has 80 valence electrons. The maximum atomic E-state index is 11.1. The molecule has 0 amide bonds. The van der Waals surface area contributed by atoms with Gasteiger partial charge in [-0.2, -0.15) is 0 Å². The molecule has 1 aromatic carbocycles. The third-order valence-corrected chi connectivity index (χ3v) is 2.83. The highest BCUT2D eigenvalue weighted by Gasteiger charge is 2.37. The molecule has 3 heteroatoms. The van der Waals surface area contributed by atoms with E-state index in [1.54, 1.807) is 7.11 Å². The molecule has 15 heavy (non-hydrogen) atoms. The van der Waals surface area contributed by atoms with E-state index < -0.39 is 5.97 Å². The zero-order valence-corrected chi connectivity index (χ0v) is 8.64. The summed E-state index contributed by atoms with van der Waals surface area (Å²) in [5.74, 6) is 0.0353. The summed E-state index contributed by atoms with van der Waals surface area (Å²) in [4.78, 5) is 11.1. The van der Waals surface area contributed by atoms with Crippen LogP contribution in [-0.2, 0) is 4.79 Å². The fourth-order valence-corrected chi connectivity index (χ4v) is 1.86. The number of carboxylic acid groups (broad SMARTS) is 1. The first-order chi connectivity index (χ1) is 7.22. The SMILES string of the molecule is COc1ccc(C(C(=O)O)C2CC2)cc1. The van der Waals surface area contributed by atoms with E-state index in [0.717, 1.165) is 24.2 Å². The van der Waals surface area contributed by atoms with Crippen LogP contribution in [0.15, 0.2) is 24.3 Å². The van der Waals surface area contributed by atoms with Gasteiger partial charge in [0.2, 0.25) is 0 Å². The fraction of sp³-hybridized carbons (Fsp3) is 0.417. The molecule has 1 unspecified atom stereocenters. The van der Waals surface area contributed by atoms with E-state index >= 15 is 0 Å². The van der Waals surface area contributed by atoms with Gasteiger partial charge in [0.15, 0.2) is 0 Å². The van der Waals surface area contributed by atoms with Crippen molar-refractivity contribution in [2.75, 3.05) is 7.11 Å². The van der Waals surface area contributed by atoms with Crippen molar-refractivity contribution in [3.63, 3.8) is 0 Å². The van der Waals surface area contributed by atoms with Gasteiger partial charge >= 0.3 is 5.97 Å². The van der Waals surface area contributed by atoms with Crippen molar-refractivity contribution in [2.45, 2.75) is 18.8 Å². The topological polar surface area (TPSA) is 46.5 Å². The van der Waals surface area contributed by atoms with Crippen LogP contribution in [0, 0.1) is 5.92 Å². The lowest BCUT2D eigenvalue weighted by Gasteiger charge is -2.11. The highest BCUT2D eigenvalue weighted by atomic mass is 16.5. The quantitative estimate of drug-likeness (QED) is 0.822. The van der Waals surface area contributed by atoms with Crippen LogP contribution in [0.3, 0.4) is 0 Å². The number of aliphatic carboxylic acids is 1. The Bertz CT molecular complexity index is 352. The Hall–Kier alpha value is -1.51. The number of benzene rings is 1. The molecule has 0 saturated heterocycles. The minimum absolute atomic E-state index is 0.330. The van der Waals surface area contributed by atoms with Crippen molar-refractivity contribution < 1.29 is 14.6 Å². The first-order valence-corrected chi connectivity index (χ1v) is 5.09. The highest BCUT2D eigenvalue weighted by molar-refractivity contribution is 5.77. The Labute approximate surface area is 88.7 Å². The zero-order chi connectivity index (χ0) is 10.8. The maximum Gasteiger partial charge on any atom is 0.311 e. The maximum absolute atomic E-state index is 11.1. The molecule has 1 aliphatic rings. The largest absolute Gasteiger partial charge is 0.497 e. The number of rotatable bonds is 4. The van der Waals surface area contributed by atoms with Crippen molar-refractivity contribution in [3.05, 3.63) is 29.8 Å². The Balaban J connectivity index is 2.22. The van der Waals surface area contributed by atoms with E-state index in [4.69, 9.17) is 9.84 Å². The second-order valence-electron chi connectivity index (χ2n) is 3.93. The minimum atomic E-state index is -0.720. The predicted molar refractivity (Wildman–Crippen MR) is 56.1 cm³/mol. The molecule has 0 bridgehead atoms. The smallest absolute Gasteiger partial charge is 0.311 e. The lowest BCUT2D eigenvalue weighted by molar-refractivity contribution is -0.139. The van der Waals surface area contributed by atoms with Crippen molar-refractivity contribution in [2.24, 2.45) is 5.92 Å². The Kier molecular flexibility index (Phi) is 2.62. The van der Waals surface area contributed by atoms with E-state index in [9.17, 15) is 4.79 Å². The third kappa shape index (κ3) is 2.12. The van der Waals surface area contributed by atoms with Crippen LogP contribution < -0.4 is 4.74 Å². The van der Waals surface area contributed by atoms with E-state index in [0.29, 0.717) is 5.92 Å². The molecular formula is C12H14O3. The number of hydrogen-bond acceptors (Lipinski definition) is 2. The summed E-state index contributed by atoms with van der Waals surface area (Å²) in [5.41, 5.74) is 0.880. The van der Waals surface area contributed by atoms with Crippen LogP contribution in [0.4, 0.5) is 0 Å². The predicted octanol–water partition coefficient (Wildman–Crippen LogP) is 2.27. The number of carbonyl (C=O) groups is 1. The molecule has 0 heterocycles. The number of ether oxygens (including phenoxy) is 1. The average molecular weight is 206 g/mol. The van der Waals surface area contributed by atoms with Gasteiger partial charge in [0.25, 0.3) is 0 Å². The van der Waals surface area contributed by atoms with Crippen molar-refractivity contribution in [1.29, 1.82) is 0 Å². The van der Waals surface area contributed by atoms with E-state index in [2.05, 4.69) is 0 Å². The summed E-state index contributed by atoms with van der Waals surface area (Å²) in [6.07, 6.45) is 2.06. The number of hydrogen-bond donors (Lipinski definition) is 1. The Morgan fingerprint density at radius 2 is 2.00 bits per heavy atom. The van der Waals surface area contributed by atoms with Gasteiger partial charge in [-0.05, 0) is 36.5 Å². The van der Waals surface area contributed by atoms with E-state index in [1.165, 1.54) is 0 Å². The van der Waals surface area contributed by atoms with Gasteiger partial charge in [-0.1, -0.05) is 12.1 Å². The zero-order valence-electron chi connectivity index (χ0n) is 8.64. The number of carboxylic acids is 1. The molecule has 3 nitrogen and oxygen atoms in total. The van der Waals surface area contributed by atoms with Gasteiger partial charge in [-0.25, -0.2) is 0 Å². The first-order valence-electron chi connectivity index (χ1n) is 5.09. The highest BCUT2D eigenvalue weighted by Crippen LogP contribution is 2.42.